The molecule has 110 valence electrons. The quantitative estimate of drug-likeness (QED) is 0.920. The molecule has 1 N–H and O–H groups in total. The SMILES string of the molecule is CC(NCc1cccc(F)c1F)C(=O)N1CCCCC1. The van der Waals surface area contributed by atoms with Crippen LogP contribution in [0.2, 0.25) is 0 Å². The number of amides is 1. The van der Waals surface area contributed by atoms with Gasteiger partial charge in [-0.1, -0.05) is 12.1 Å². The van der Waals surface area contributed by atoms with Gasteiger partial charge in [-0.25, -0.2) is 8.78 Å². The number of halogens is 2. The molecule has 0 aromatic heterocycles. The van der Waals surface area contributed by atoms with Crippen molar-refractivity contribution in [1.82, 2.24) is 10.2 Å². The van der Waals surface area contributed by atoms with Crippen LogP contribution in [-0.2, 0) is 11.3 Å². The molecule has 0 saturated carbocycles. The van der Waals surface area contributed by atoms with Gasteiger partial charge in [0.05, 0.1) is 6.04 Å². The lowest BCUT2D eigenvalue weighted by Gasteiger charge is -2.29. The van der Waals surface area contributed by atoms with Gasteiger partial charge < -0.3 is 10.2 Å². The first kappa shape index (κ1) is 14.9. The molecule has 1 saturated heterocycles. The van der Waals surface area contributed by atoms with Crippen molar-refractivity contribution in [2.75, 3.05) is 13.1 Å². The van der Waals surface area contributed by atoms with Gasteiger partial charge >= 0.3 is 0 Å². The van der Waals surface area contributed by atoms with E-state index in [2.05, 4.69) is 5.32 Å². The molecule has 0 radical (unpaired) electrons. The predicted octanol–water partition coefficient (Wildman–Crippen LogP) is 2.46. The molecule has 0 spiro atoms. The van der Waals surface area contributed by atoms with E-state index in [1.807, 2.05) is 4.90 Å². The molecule has 5 heteroatoms. The monoisotopic (exact) mass is 282 g/mol. The summed E-state index contributed by atoms with van der Waals surface area (Å²) in [6, 6.07) is 3.67. The molecular weight excluding hydrogens is 262 g/mol. The van der Waals surface area contributed by atoms with Crippen LogP contribution in [0.4, 0.5) is 8.78 Å². The van der Waals surface area contributed by atoms with Gasteiger partial charge in [-0.2, -0.15) is 0 Å². The van der Waals surface area contributed by atoms with Crippen molar-refractivity contribution in [2.45, 2.75) is 38.8 Å². The van der Waals surface area contributed by atoms with Crippen molar-refractivity contribution < 1.29 is 13.6 Å². The fourth-order valence-electron chi connectivity index (χ4n) is 2.42. The van der Waals surface area contributed by atoms with Crippen LogP contribution in [0.1, 0.15) is 31.7 Å². The smallest absolute Gasteiger partial charge is 0.239 e. The molecule has 0 aliphatic carbocycles. The summed E-state index contributed by atoms with van der Waals surface area (Å²) in [5.74, 6) is -1.68. The van der Waals surface area contributed by atoms with Gasteiger partial charge in [-0.3, -0.25) is 4.79 Å². The van der Waals surface area contributed by atoms with E-state index >= 15 is 0 Å². The van der Waals surface area contributed by atoms with Gasteiger partial charge in [0.2, 0.25) is 5.91 Å². The minimum absolute atomic E-state index is 0.0292. The summed E-state index contributed by atoms with van der Waals surface area (Å²) in [4.78, 5) is 14.0. The number of hydrogen-bond donors (Lipinski definition) is 1. The Bertz CT molecular complexity index is 473. The molecule has 1 amide bonds. The normalized spacial score (nSPS) is 17.1. The minimum atomic E-state index is -0.862. The van der Waals surface area contributed by atoms with Gasteiger partial charge in [0, 0.05) is 25.2 Å². The molecular formula is C15H20F2N2O. The highest BCUT2D eigenvalue weighted by atomic mass is 19.2. The number of nitrogens with zero attached hydrogens (tertiary/aromatic N) is 1. The van der Waals surface area contributed by atoms with E-state index in [0.717, 1.165) is 32.0 Å². The molecule has 2 rings (SSSR count). The lowest BCUT2D eigenvalue weighted by Crippen LogP contribution is -2.46. The van der Waals surface area contributed by atoms with Crippen LogP contribution in [0.25, 0.3) is 0 Å². The first-order valence-corrected chi connectivity index (χ1v) is 7.04. The number of carbonyl (C=O) groups is 1. The fourth-order valence-corrected chi connectivity index (χ4v) is 2.42. The van der Waals surface area contributed by atoms with Crippen LogP contribution in [0.15, 0.2) is 18.2 Å². The van der Waals surface area contributed by atoms with Crippen molar-refractivity contribution in [3.8, 4) is 0 Å². The van der Waals surface area contributed by atoms with Crippen molar-refractivity contribution >= 4 is 5.91 Å². The Morgan fingerprint density at radius 1 is 1.30 bits per heavy atom. The molecule has 1 aromatic carbocycles. The van der Waals surface area contributed by atoms with Gasteiger partial charge in [-0.15, -0.1) is 0 Å². The van der Waals surface area contributed by atoms with Crippen molar-refractivity contribution in [3.63, 3.8) is 0 Å². The van der Waals surface area contributed by atoms with Crippen molar-refractivity contribution in [3.05, 3.63) is 35.4 Å². The summed E-state index contributed by atoms with van der Waals surface area (Å²) in [6.45, 7) is 3.48. The average molecular weight is 282 g/mol. The number of nitrogens with one attached hydrogen (secondary N) is 1. The summed E-state index contributed by atoms with van der Waals surface area (Å²) in [5.41, 5.74) is 0.239. The Morgan fingerprint density at radius 3 is 2.70 bits per heavy atom. The minimum Gasteiger partial charge on any atom is -0.341 e. The zero-order valence-corrected chi connectivity index (χ0v) is 11.7. The third kappa shape index (κ3) is 3.54. The number of rotatable bonds is 4. The first-order valence-electron chi connectivity index (χ1n) is 7.04. The van der Waals surface area contributed by atoms with Crippen LogP contribution in [0.5, 0.6) is 0 Å². The molecule has 1 aliphatic rings. The topological polar surface area (TPSA) is 32.3 Å². The van der Waals surface area contributed by atoms with E-state index in [4.69, 9.17) is 0 Å². The first-order chi connectivity index (χ1) is 9.59. The van der Waals surface area contributed by atoms with E-state index in [9.17, 15) is 13.6 Å². The Hall–Kier alpha value is -1.49. The van der Waals surface area contributed by atoms with Crippen LogP contribution in [0.3, 0.4) is 0 Å². The van der Waals surface area contributed by atoms with Gasteiger partial charge in [0.15, 0.2) is 11.6 Å². The standard InChI is InChI=1S/C15H20F2N2O/c1-11(15(20)19-8-3-2-4-9-19)18-10-12-6-5-7-13(16)14(12)17/h5-7,11,18H,2-4,8-10H2,1H3. The second kappa shape index (κ2) is 6.79. The van der Waals surface area contributed by atoms with Crippen molar-refractivity contribution in [1.29, 1.82) is 0 Å². The highest BCUT2D eigenvalue weighted by molar-refractivity contribution is 5.81. The number of benzene rings is 1. The predicted molar refractivity (Wildman–Crippen MR) is 73.1 cm³/mol. The summed E-state index contributed by atoms with van der Waals surface area (Å²) in [6.07, 6.45) is 3.24. The zero-order valence-electron chi connectivity index (χ0n) is 11.7. The molecule has 20 heavy (non-hydrogen) atoms. The van der Waals surface area contributed by atoms with Gasteiger partial charge in [-0.05, 0) is 32.3 Å². The highest BCUT2D eigenvalue weighted by Gasteiger charge is 2.22. The Morgan fingerprint density at radius 2 is 2.00 bits per heavy atom. The molecule has 1 heterocycles. The lowest BCUT2D eigenvalue weighted by molar-refractivity contribution is -0.133. The molecule has 3 nitrogen and oxygen atoms in total. The number of piperidine rings is 1. The third-order valence-corrected chi connectivity index (χ3v) is 3.67. The number of carbonyl (C=O) groups excluding carboxylic acids is 1. The zero-order chi connectivity index (χ0) is 14.5. The van der Waals surface area contributed by atoms with E-state index in [-0.39, 0.29) is 18.0 Å². The molecule has 1 fully saturated rings. The maximum Gasteiger partial charge on any atom is 0.239 e. The largest absolute Gasteiger partial charge is 0.341 e. The number of hydrogen-bond acceptors (Lipinski definition) is 2. The summed E-state index contributed by atoms with van der Waals surface area (Å²) in [7, 11) is 0. The summed E-state index contributed by atoms with van der Waals surface area (Å²) in [5, 5.41) is 2.97. The van der Waals surface area contributed by atoms with Crippen LogP contribution < -0.4 is 5.32 Å². The molecule has 1 aliphatic heterocycles. The lowest BCUT2D eigenvalue weighted by atomic mass is 10.1. The third-order valence-electron chi connectivity index (χ3n) is 3.67. The van der Waals surface area contributed by atoms with E-state index < -0.39 is 17.7 Å². The summed E-state index contributed by atoms with van der Waals surface area (Å²) >= 11 is 0. The second-order valence-electron chi connectivity index (χ2n) is 5.20. The van der Waals surface area contributed by atoms with Gasteiger partial charge in [0.1, 0.15) is 0 Å². The van der Waals surface area contributed by atoms with E-state index in [0.29, 0.717) is 0 Å². The van der Waals surface area contributed by atoms with Crippen LogP contribution in [-0.4, -0.2) is 29.9 Å². The molecule has 0 bridgehead atoms. The average Bonchev–Trinajstić information content (AvgIpc) is 2.48. The fraction of sp³-hybridized carbons (Fsp3) is 0.533. The Labute approximate surface area is 118 Å². The van der Waals surface area contributed by atoms with E-state index in [1.54, 1.807) is 6.92 Å². The molecule has 1 unspecified atom stereocenters. The summed E-state index contributed by atoms with van der Waals surface area (Å²) < 4.78 is 26.6. The van der Waals surface area contributed by atoms with Crippen molar-refractivity contribution in [2.24, 2.45) is 0 Å². The maximum atomic E-state index is 13.5. The van der Waals surface area contributed by atoms with Crippen LogP contribution in [0, 0.1) is 11.6 Å². The Kier molecular flexibility index (Phi) is 5.06. The van der Waals surface area contributed by atoms with E-state index in [1.165, 1.54) is 18.6 Å². The molecule has 1 aromatic rings. The molecule has 1 atom stereocenters. The Balaban J connectivity index is 1.89. The number of likely N-dealkylation sites (tertiary alicyclic amines) is 1. The van der Waals surface area contributed by atoms with Gasteiger partial charge in [0.25, 0.3) is 0 Å². The highest BCUT2D eigenvalue weighted by Crippen LogP contribution is 2.12. The van der Waals surface area contributed by atoms with Crippen LogP contribution >= 0.6 is 0 Å². The maximum absolute atomic E-state index is 13.5. The second-order valence-corrected chi connectivity index (χ2v) is 5.20.